The van der Waals surface area contributed by atoms with Gasteiger partial charge in [-0.2, -0.15) is 0 Å². The van der Waals surface area contributed by atoms with Gasteiger partial charge >= 0.3 is 0 Å². The van der Waals surface area contributed by atoms with Gasteiger partial charge in [0.2, 0.25) is 0 Å². The van der Waals surface area contributed by atoms with E-state index in [0.29, 0.717) is 5.56 Å². The highest BCUT2D eigenvalue weighted by Gasteiger charge is 2.10. The van der Waals surface area contributed by atoms with E-state index in [1.807, 2.05) is 14.1 Å². The molecule has 0 atom stereocenters. The second-order valence-electron chi connectivity index (χ2n) is 4.43. The Morgan fingerprint density at radius 1 is 1.12 bits per heavy atom. The van der Waals surface area contributed by atoms with Gasteiger partial charge in [-0.15, -0.1) is 0 Å². The average molecular weight is 236 g/mol. The summed E-state index contributed by atoms with van der Waals surface area (Å²) in [5, 5.41) is 9.15. The Kier molecular flexibility index (Phi) is 4.97. The lowest BCUT2D eigenvalue weighted by Gasteiger charge is -2.18. The van der Waals surface area contributed by atoms with Gasteiger partial charge in [-0.05, 0) is 51.3 Å². The number of nitrogens with zero attached hydrogens (tertiary/aromatic N) is 2. The topological polar surface area (TPSA) is 43.8 Å². The first-order chi connectivity index (χ1) is 8.00. The molecule has 94 valence electrons. The van der Waals surface area contributed by atoms with Crippen LogP contribution >= 0.6 is 0 Å². The summed E-state index contributed by atoms with van der Waals surface area (Å²) in [6.07, 6.45) is 0.952. The molecule has 0 bridgehead atoms. The molecule has 17 heavy (non-hydrogen) atoms. The number of carbonyl (C=O) groups excluding carboxylic acids is 1. The summed E-state index contributed by atoms with van der Waals surface area (Å²) in [4.78, 5) is 15.8. The Labute approximate surface area is 102 Å². The number of carbonyl (C=O) groups is 1. The molecule has 0 spiro atoms. The predicted octanol–water partition coefficient (Wildman–Crippen LogP) is 1.42. The third kappa shape index (κ3) is 4.44. The number of hydrogen-bond acceptors (Lipinski definition) is 3. The number of phenolic OH excluding ortho intramolecular Hbond substituents is 1. The summed E-state index contributed by atoms with van der Waals surface area (Å²) < 4.78 is 0. The molecule has 0 fully saturated rings. The molecular weight excluding hydrogens is 216 g/mol. The van der Waals surface area contributed by atoms with Gasteiger partial charge in [0.05, 0.1) is 0 Å². The zero-order valence-electron chi connectivity index (χ0n) is 10.7. The van der Waals surface area contributed by atoms with Crippen molar-refractivity contribution in [3.63, 3.8) is 0 Å². The lowest BCUT2D eigenvalue weighted by Crippen LogP contribution is -2.29. The number of rotatable bonds is 5. The van der Waals surface area contributed by atoms with Crippen LogP contribution in [-0.2, 0) is 0 Å². The SMILES string of the molecule is CN(C)CCCN(C)C(=O)c1ccc(O)cc1. The second-order valence-corrected chi connectivity index (χ2v) is 4.43. The van der Waals surface area contributed by atoms with Crippen LogP contribution in [0.3, 0.4) is 0 Å². The largest absolute Gasteiger partial charge is 0.508 e. The van der Waals surface area contributed by atoms with Crippen molar-refractivity contribution in [2.45, 2.75) is 6.42 Å². The maximum atomic E-state index is 12.0. The molecular formula is C13H20N2O2. The van der Waals surface area contributed by atoms with Crippen molar-refractivity contribution in [3.05, 3.63) is 29.8 Å². The number of aromatic hydroxyl groups is 1. The van der Waals surface area contributed by atoms with Crippen LogP contribution in [0.25, 0.3) is 0 Å². The summed E-state index contributed by atoms with van der Waals surface area (Å²) in [6, 6.07) is 6.34. The average Bonchev–Trinajstić information content (AvgIpc) is 2.28. The van der Waals surface area contributed by atoms with Crippen LogP contribution in [0.2, 0.25) is 0 Å². The molecule has 0 aromatic heterocycles. The summed E-state index contributed by atoms with van der Waals surface area (Å²) in [6.45, 7) is 1.70. The molecule has 4 heteroatoms. The van der Waals surface area contributed by atoms with E-state index in [1.54, 1.807) is 24.1 Å². The Hall–Kier alpha value is -1.55. The Bertz CT molecular complexity index is 360. The molecule has 0 unspecified atom stereocenters. The van der Waals surface area contributed by atoms with Gasteiger partial charge < -0.3 is 14.9 Å². The van der Waals surface area contributed by atoms with E-state index in [2.05, 4.69) is 4.90 Å². The molecule has 0 aliphatic carbocycles. The maximum absolute atomic E-state index is 12.0. The van der Waals surface area contributed by atoms with E-state index in [-0.39, 0.29) is 11.7 Å². The fourth-order valence-corrected chi connectivity index (χ4v) is 1.55. The van der Waals surface area contributed by atoms with Crippen molar-refractivity contribution in [2.24, 2.45) is 0 Å². The third-order valence-corrected chi connectivity index (χ3v) is 2.56. The molecule has 1 aromatic rings. The molecule has 1 amide bonds. The Balaban J connectivity index is 2.49. The molecule has 1 rings (SSSR count). The zero-order valence-corrected chi connectivity index (χ0v) is 10.7. The molecule has 4 nitrogen and oxygen atoms in total. The van der Waals surface area contributed by atoms with E-state index < -0.39 is 0 Å². The number of phenols is 1. The minimum absolute atomic E-state index is 0.0104. The van der Waals surface area contributed by atoms with Crippen molar-refractivity contribution in [1.82, 2.24) is 9.80 Å². The van der Waals surface area contributed by atoms with Gasteiger partial charge in [-0.25, -0.2) is 0 Å². The van der Waals surface area contributed by atoms with Gasteiger partial charge in [-0.3, -0.25) is 4.79 Å². The highest BCUT2D eigenvalue weighted by Crippen LogP contribution is 2.11. The van der Waals surface area contributed by atoms with Crippen LogP contribution in [0.1, 0.15) is 16.8 Å². The van der Waals surface area contributed by atoms with Crippen molar-refractivity contribution in [1.29, 1.82) is 0 Å². The molecule has 0 heterocycles. The highest BCUT2D eigenvalue weighted by molar-refractivity contribution is 5.94. The fraction of sp³-hybridized carbons (Fsp3) is 0.462. The monoisotopic (exact) mass is 236 g/mol. The molecule has 0 aliphatic heterocycles. The second kappa shape index (κ2) is 6.25. The van der Waals surface area contributed by atoms with Crippen molar-refractivity contribution >= 4 is 5.91 Å². The lowest BCUT2D eigenvalue weighted by atomic mass is 10.2. The van der Waals surface area contributed by atoms with Crippen molar-refractivity contribution in [2.75, 3.05) is 34.2 Å². The molecule has 0 saturated carbocycles. The first-order valence-electron chi connectivity index (χ1n) is 5.70. The predicted molar refractivity (Wildman–Crippen MR) is 68.2 cm³/mol. The standard InChI is InChI=1S/C13H20N2O2/c1-14(2)9-4-10-15(3)13(17)11-5-7-12(16)8-6-11/h5-8,16H,4,9-10H2,1-3H3. The summed E-state index contributed by atoms with van der Waals surface area (Å²) in [5.41, 5.74) is 0.607. The number of hydrogen-bond donors (Lipinski definition) is 1. The van der Waals surface area contributed by atoms with Crippen LogP contribution in [0.5, 0.6) is 5.75 Å². The molecule has 0 aliphatic rings. The zero-order chi connectivity index (χ0) is 12.8. The Morgan fingerprint density at radius 2 is 1.71 bits per heavy atom. The third-order valence-electron chi connectivity index (χ3n) is 2.56. The smallest absolute Gasteiger partial charge is 0.253 e. The van der Waals surface area contributed by atoms with E-state index in [0.717, 1.165) is 19.5 Å². The quantitative estimate of drug-likeness (QED) is 0.840. The van der Waals surface area contributed by atoms with Crippen LogP contribution in [0.4, 0.5) is 0 Å². The van der Waals surface area contributed by atoms with Crippen molar-refractivity contribution < 1.29 is 9.90 Å². The molecule has 1 aromatic carbocycles. The van der Waals surface area contributed by atoms with Gasteiger partial charge in [0, 0.05) is 19.2 Å². The van der Waals surface area contributed by atoms with Gasteiger partial charge in [0.25, 0.3) is 5.91 Å². The number of benzene rings is 1. The van der Waals surface area contributed by atoms with E-state index in [4.69, 9.17) is 5.11 Å². The fourth-order valence-electron chi connectivity index (χ4n) is 1.55. The highest BCUT2D eigenvalue weighted by atomic mass is 16.3. The maximum Gasteiger partial charge on any atom is 0.253 e. The summed E-state index contributed by atoms with van der Waals surface area (Å²) in [7, 11) is 5.83. The first kappa shape index (κ1) is 13.5. The minimum atomic E-state index is -0.0104. The normalized spacial score (nSPS) is 10.6. The first-order valence-corrected chi connectivity index (χ1v) is 5.70. The molecule has 0 saturated heterocycles. The van der Waals surface area contributed by atoms with E-state index >= 15 is 0 Å². The van der Waals surface area contributed by atoms with E-state index in [9.17, 15) is 4.79 Å². The summed E-state index contributed by atoms with van der Waals surface area (Å²) >= 11 is 0. The van der Waals surface area contributed by atoms with Crippen molar-refractivity contribution in [3.8, 4) is 5.75 Å². The van der Waals surface area contributed by atoms with E-state index in [1.165, 1.54) is 12.1 Å². The molecule has 0 radical (unpaired) electrons. The number of amides is 1. The van der Waals surface area contributed by atoms with Gasteiger partial charge in [-0.1, -0.05) is 0 Å². The lowest BCUT2D eigenvalue weighted by molar-refractivity contribution is 0.0790. The van der Waals surface area contributed by atoms with Crippen LogP contribution in [0, 0.1) is 0 Å². The minimum Gasteiger partial charge on any atom is -0.508 e. The summed E-state index contributed by atoms with van der Waals surface area (Å²) in [5.74, 6) is 0.167. The van der Waals surface area contributed by atoms with Crippen LogP contribution < -0.4 is 0 Å². The molecule has 1 N–H and O–H groups in total. The van der Waals surface area contributed by atoms with Gasteiger partial charge in [0.1, 0.15) is 5.75 Å². The Morgan fingerprint density at radius 3 is 2.24 bits per heavy atom. The van der Waals surface area contributed by atoms with Crippen LogP contribution in [-0.4, -0.2) is 55.0 Å². The van der Waals surface area contributed by atoms with Gasteiger partial charge in [0.15, 0.2) is 0 Å². The van der Waals surface area contributed by atoms with Crippen LogP contribution in [0.15, 0.2) is 24.3 Å².